The number of amides is 2. The Morgan fingerprint density at radius 3 is 2.62 bits per heavy atom. The molecule has 0 spiro atoms. The van der Waals surface area contributed by atoms with Crippen molar-refractivity contribution in [2.45, 2.75) is 5.37 Å². The Morgan fingerprint density at radius 2 is 1.88 bits per heavy atom. The number of methoxy groups -OCH3 is 2. The minimum Gasteiger partial charge on any atom is -0.497 e. The molecule has 1 heterocycles. The first-order valence-electron chi connectivity index (χ1n) is 9.83. The van der Waals surface area contributed by atoms with Crippen molar-refractivity contribution < 1.29 is 23.5 Å². The Hall–Kier alpha value is -3.52. The third-order valence-corrected chi connectivity index (χ3v) is 6.27. The number of hydrogen-bond donors (Lipinski definition) is 1. The van der Waals surface area contributed by atoms with E-state index in [1.807, 2.05) is 12.1 Å². The molecule has 0 bridgehead atoms. The molecule has 6 nitrogen and oxygen atoms in total. The summed E-state index contributed by atoms with van der Waals surface area (Å²) in [6, 6.07) is 18.0. The number of anilines is 2. The lowest BCUT2D eigenvalue weighted by molar-refractivity contribution is -0.115. The summed E-state index contributed by atoms with van der Waals surface area (Å²) in [6.45, 7) is 0. The molecule has 1 saturated heterocycles. The summed E-state index contributed by atoms with van der Waals surface area (Å²) in [7, 11) is 3.10. The van der Waals surface area contributed by atoms with Gasteiger partial charge in [0.25, 0.3) is 5.91 Å². The quantitative estimate of drug-likeness (QED) is 0.578. The second-order valence-corrected chi connectivity index (χ2v) is 8.09. The van der Waals surface area contributed by atoms with Crippen molar-refractivity contribution in [1.29, 1.82) is 0 Å². The van der Waals surface area contributed by atoms with E-state index in [2.05, 4.69) is 5.32 Å². The molecule has 0 aromatic heterocycles. The molecule has 32 heavy (non-hydrogen) atoms. The van der Waals surface area contributed by atoms with Crippen LogP contribution < -0.4 is 19.7 Å². The summed E-state index contributed by atoms with van der Waals surface area (Å²) in [5, 5.41) is 2.48. The molecule has 1 aliphatic heterocycles. The summed E-state index contributed by atoms with van der Waals surface area (Å²) in [5.74, 6) is 0.414. The van der Waals surface area contributed by atoms with Crippen molar-refractivity contribution in [2.24, 2.45) is 0 Å². The third-order valence-electron chi connectivity index (χ3n) is 5.08. The summed E-state index contributed by atoms with van der Waals surface area (Å²) >= 11 is 1.45. The number of ether oxygens (including phenoxy) is 2. The predicted molar refractivity (Wildman–Crippen MR) is 123 cm³/mol. The molecule has 0 saturated carbocycles. The van der Waals surface area contributed by atoms with Gasteiger partial charge in [0.15, 0.2) is 0 Å². The van der Waals surface area contributed by atoms with Crippen molar-refractivity contribution >= 4 is 35.0 Å². The van der Waals surface area contributed by atoms with Crippen LogP contribution in [0.3, 0.4) is 0 Å². The average Bonchev–Trinajstić information content (AvgIpc) is 3.19. The van der Waals surface area contributed by atoms with Crippen molar-refractivity contribution in [3.63, 3.8) is 0 Å². The molecule has 0 radical (unpaired) electrons. The van der Waals surface area contributed by atoms with Crippen LogP contribution in [0.25, 0.3) is 0 Å². The van der Waals surface area contributed by atoms with Gasteiger partial charge < -0.3 is 14.8 Å². The fraction of sp³-hybridized carbons (Fsp3) is 0.167. The highest BCUT2D eigenvalue weighted by Gasteiger charge is 2.37. The van der Waals surface area contributed by atoms with Crippen LogP contribution in [-0.4, -0.2) is 31.8 Å². The Kier molecular flexibility index (Phi) is 6.32. The molecule has 1 N–H and O–H groups in total. The molecule has 8 heteroatoms. The first-order valence-corrected chi connectivity index (χ1v) is 10.9. The van der Waals surface area contributed by atoms with E-state index in [0.29, 0.717) is 22.9 Å². The number of benzene rings is 3. The lowest BCUT2D eigenvalue weighted by Crippen LogP contribution is -2.29. The largest absolute Gasteiger partial charge is 0.497 e. The van der Waals surface area contributed by atoms with Crippen molar-refractivity contribution in [1.82, 2.24) is 0 Å². The van der Waals surface area contributed by atoms with Crippen LogP contribution in [0.1, 0.15) is 21.3 Å². The minimum atomic E-state index is -0.486. The fourth-order valence-electron chi connectivity index (χ4n) is 3.55. The van der Waals surface area contributed by atoms with E-state index in [4.69, 9.17) is 9.47 Å². The van der Waals surface area contributed by atoms with Crippen LogP contribution in [0.15, 0.2) is 66.7 Å². The number of thioether (sulfide) groups is 1. The lowest BCUT2D eigenvalue weighted by Gasteiger charge is -2.27. The molecule has 1 unspecified atom stereocenters. The number of carbonyl (C=O) groups excluding carboxylic acids is 2. The maximum Gasteiger partial charge on any atom is 0.255 e. The second kappa shape index (κ2) is 9.32. The van der Waals surface area contributed by atoms with Gasteiger partial charge in [0.2, 0.25) is 5.91 Å². The highest BCUT2D eigenvalue weighted by molar-refractivity contribution is 8.00. The SMILES string of the molecule is COc1ccc(N2C(=O)CSC2c2ccccc2NC(=O)c2cccc(F)c2)c(OC)c1. The topological polar surface area (TPSA) is 67.9 Å². The number of nitrogens with one attached hydrogen (secondary N) is 1. The molecule has 1 atom stereocenters. The first kappa shape index (κ1) is 21.7. The van der Waals surface area contributed by atoms with Crippen molar-refractivity contribution in [3.8, 4) is 11.5 Å². The summed E-state index contributed by atoms with van der Waals surface area (Å²) in [6.07, 6.45) is 0. The van der Waals surface area contributed by atoms with E-state index >= 15 is 0 Å². The van der Waals surface area contributed by atoms with E-state index in [1.165, 1.54) is 37.1 Å². The van der Waals surface area contributed by atoms with Gasteiger partial charge in [0.05, 0.1) is 25.7 Å². The number of rotatable bonds is 6. The van der Waals surface area contributed by atoms with Crippen LogP contribution >= 0.6 is 11.8 Å². The van der Waals surface area contributed by atoms with E-state index in [1.54, 1.807) is 48.4 Å². The Balaban J connectivity index is 1.69. The smallest absolute Gasteiger partial charge is 0.255 e. The predicted octanol–water partition coefficient (Wildman–Crippen LogP) is 4.87. The number of nitrogens with zero attached hydrogens (tertiary/aromatic N) is 1. The summed E-state index contributed by atoms with van der Waals surface area (Å²) < 4.78 is 24.3. The van der Waals surface area contributed by atoms with Crippen LogP contribution in [0, 0.1) is 5.82 Å². The maximum atomic E-state index is 13.6. The first-order chi connectivity index (χ1) is 15.5. The number of para-hydroxylation sites is 1. The molecule has 1 aliphatic rings. The van der Waals surface area contributed by atoms with Gasteiger partial charge in [-0.15, -0.1) is 11.8 Å². The zero-order valence-corrected chi connectivity index (χ0v) is 18.3. The highest BCUT2D eigenvalue weighted by atomic mass is 32.2. The molecule has 4 rings (SSSR count). The van der Waals surface area contributed by atoms with Crippen LogP contribution in [-0.2, 0) is 4.79 Å². The zero-order chi connectivity index (χ0) is 22.7. The number of carbonyl (C=O) groups is 2. The van der Waals surface area contributed by atoms with Gasteiger partial charge in [-0.1, -0.05) is 24.3 Å². The van der Waals surface area contributed by atoms with Crippen molar-refractivity contribution in [2.75, 3.05) is 30.2 Å². The zero-order valence-electron chi connectivity index (χ0n) is 17.5. The molecule has 3 aromatic rings. The number of hydrogen-bond acceptors (Lipinski definition) is 5. The summed E-state index contributed by atoms with van der Waals surface area (Å²) in [4.78, 5) is 27.2. The minimum absolute atomic E-state index is 0.0743. The molecule has 3 aromatic carbocycles. The highest BCUT2D eigenvalue weighted by Crippen LogP contribution is 2.47. The normalized spacial score (nSPS) is 15.5. The Bertz CT molecular complexity index is 1170. The van der Waals surface area contributed by atoms with E-state index in [-0.39, 0.29) is 22.6 Å². The standard InChI is InChI=1S/C24H21FN2O4S/c1-30-17-10-11-20(21(13-17)31-2)27-22(28)14-32-24(27)18-8-3-4-9-19(18)26-23(29)15-6-5-7-16(25)12-15/h3-13,24H,14H2,1-2H3,(H,26,29). The van der Waals surface area contributed by atoms with Crippen LogP contribution in [0.5, 0.6) is 11.5 Å². The maximum absolute atomic E-state index is 13.6. The van der Waals surface area contributed by atoms with Crippen molar-refractivity contribution in [3.05, 3.63) is 83.7 Å². The average molecular weight is 453 g/mol. The lowest BCUT2D eigenvalue weighted by atomic mass is 10.1. The second-order valence-electron chi connectivity index (χ2n) is 7.02. The van der Waals surface area contributed by atoms with E-state index in [9.17, 15) is 14.0 Å². The van der Waals surface area contributed by atoms with Gasteiger partial charge >= 0.3 is 0 Å². The molecule has 164 valence electrons. The Labute approximate surface area is 189 Å². The molecule has 0 aliphatic carbocycles. The summed E-state index contributed by atoms with van der Waals surface area (Å²) in [5.41, 5.74) is 2.13. The van der Waals surface area contributed by atoms with Crippen LogP contribution in [0.4, 0.5) is 15.8 Å². The van der Waals surface area contributed by atoms with Gasteiger partial charge in [-0.2, -0.15) is 0 Å². The monoisotopic (exact) mass is 452 g/mol. The third kappa shape index (κ3) is 4.27. The van der Waals surface area contributed by atoms with Gasteiger partial charge in [-0.05, 0) is 36.4 Å². The van der Waals surface area contributed by atoms with Crippen LogP contribution in [0.2, 0.25) is 0 Å². The van der Waals surface area contributed by atoms with Gasteiger partial charge in [-0.25, -0.2) is 4.39 Å². The van der Waals surface area contributed by atoms with Gasteiger partial charge in [0, 0.05) is 22.9 Å². The van der Waals surface area contributed by atoms with E-state index < -0.39 is 11.7 Å². The van der Waals surface area contributed by atoms with Gasteiger partial charge in [0.1, 0.15) is 22.7 Å². The van der Waals surface area contributed by atoms with E-state index in [0.717, 1.165) is 5.56 Å². The molecular weight excluding hydrogens is 431 g/mol. The molecular formula is C24H21FN2O4S. The number of halogens is 1. The molecule has 2 amide bonds. The fourth-order valence-corrected chi connectivity index (χ4v) is 4.75. The Morgan fingerprint density at radius 1 is 1.06 bits per heavy atom. The van der Waals surface area contributed by atoms with Gasteiger partial charge in [-0.3, -0.25) is 14.5 Å². The molecule has 1 fully saturated rings.